The smallest absolute Gasteiger partial charge is 0.303 e. The van der Waals surface area contributed by atoms with E-state index in [1.807, 2.05) is 103 Å². The summed E-state index contributed by atoms with van der Waals surface area (Å²) in [5, 5.41) is 25.4. The van der Waals surface area contributed by atoms with Gasteiger partial charge in [-0.05, 0) is 57.3 Å². The number of amides is 1. The van der Waals surface area contributed by atoms with Gasteiger partial charge < -0.3 is 24.6 Å². The highest BCUT2D eigenvalue weighted by Gasteiger charge is 2.33. The Morgan fingerprint density at radius 2 is 1.67 bits per heavy atom. The van der Waals surface area contributed by atoms with Crippen LogP contribution in [0.1, 0.15) is 54.9 Å². The number of hydrogen-bond donors (Lipinski definition) is 2. The zero-order valence-corrected chi connectivity index (χ0v) is 28.0. The standard InChI is InChI=1S/C37H37N5O6S/c1-24(46-25(2)44)35(45)38-21-30-8-6-7-11-33(30)27-16-18-29(19-17-27)36-47-32(20-34(48-36)28-14-12-26(22-43)13-15-28)23-49-37-39-40-41-42(37)31-9-4-3-5-10-31/h3-19,24,32,34,36,43H,20-23H2,1-2H3,(H,38,45)/t24-,32+,34-,36-/m0/s1. The lowest BCUT2D eigenvalue weighted by atomic mass is 9.97. The summed E-state index contributed by atoms with van der Waals surface area (Å²) in [5.41, 5.74) is 6.44. The lowest BCUT2D eigenvalue weighted by molar-refractivity contribution is -0.245. The molecule has 12 heteroatoms. The summed E-state index contributed by atoms with van der Waals surface area (Å²) in [6.45, 7) is 3.07. The Labute approximate surface area is 288 Å². The largest absolute Gasteiger partial charge is 0.453 e. The number of esters is 1. The molecule has 5 aromatic rings. The molecule has 6 rings (SSSR count). The van der Waals surface area contributed by atoms with Crippen molar-refractivity contribution in [2.45, 2.75) is 63.2 Å². The van der Waals surface area contributed by atoms with E-state index in [1.165, 1.54) is 18.7 Å². The first-order chi connectivity index (χ1) is 23.9. The van der Waals surface area contributed by atoms with Gasteiger partial charge >= 0.3 is 5.97 Å². The van der Waals surface area contributed by atoms with Crippen LogP contribution in [0, 0.1) is 0 Å². The summed E-state index contributed by atoms with van der Waals surface area (Å²) in [5.74, 6) is -0.266. The molecule has 0 aliphatic carbocycles. The molecule has 0 radical (unpaired) electrons. The first-order valence-electron chi connectivity index (χ1n) is 16.0. The summed E-state index contributed by atoms with van der Waals surface area (Å²) >= 11 is 1.53. The fourth-order valence-corrected chi connectivity index (χ4v) is 6.50. The van der Waals surface area contributed by atoms with Crippen molar-refractivity contribution in [3.8, 4) is 16.8 Å². The number of tetrazole rings is 1. The summed E-state index contributed by atoms with van der Waals surface area (Å²) in [7, 11) is 0. The molecule has 1 fully saturated rings. The number of aliphatic hydroxyl groups excluding tert-OH is 1. The molecular formula is C37H37N5O6S. The number of thioether (sulfide) groups is 1. The molecule has 0 saturated carbocycles. The van der Waals surface area contributed by atoms with Crippen molar-refractivity contribution in [2.24, 2.45) is 0 Å². The molecule has 0 bridgehead atoms. The highest BCUT2D eigenvalue weighted by Crippen LogP contribution is 2.40. The maximum Gasteiger partial charge on any atom is 0.303 e. The third-order valence-electron chi connectivity index (χ3n) is 8.13. The highest BCUT2D eigenvalue weighted by molar-refractivity contribution is 7.99. The normalized spacial score (nSPS) is 18.1. The van der Waals surface area contributed by atoms with Crippen molar-refractivity contribution >= 4 is 23.6 Å². The van der Waals surface area contributed by atoms with Gasteiger partial charge in [-0.25, -0.2) is 0 Å². The number of nitrogens with one attached hydrogen (secondary N) is 1. The van der Waals surface area contributed by atoms with Crippen molar-refractivity contribution < 1.29 is 28.9 Å². The molecule has 1 amide bonds. The van der Waals surface area contributed by atoms with Crippen LogP contribution in [-0.4, -0.2) is 55.2 Å². The molecular weight excluding hydrogens is 643 g/mol. The summed E-state index contributed by atoms with van der Waals surface area (Å²) in [6, 6.07) is 33.4. The van der Waals surface area contributed by atoms with Gasteiger partial charge in [0.15, 0.2) is 12.4 Å². The second kappa shape index (κ2) is 16.0. The average molecular weight is 680 g/mol. The van der Waals surface area contributed by atoms with Crippen LogP contribution in [0.15, 0.2) is 108 Å². The van der Waals surface area contributed by atoms with Gasteiger partial charge in [0.1, 0.15) is 0 Å². The second-order valence-corrected chi connectivity index (χ2v) is 12.6. The molecule has 11 nitrogen and oxygen atoms in total. The average Bonchev–Trinajstić information content (AvgIpc) is 3.62. The fraction of sp³-hybridized carbons (Fsp3) is 0.270. The van der Waals surface area contributed by atoms with Gasteiger partial charge in [-0.1, -0.05) is 103 Å². The van der Waals surface area contributed by atoms with Crippen molar-refractivity contribution in [2.75, 3.05) is 5.75 Å². The van der Waals surface area contributed by atoms with Crippen LogP contribution in [0.4, 0.5) is 0 Å². The fourth-order valence-electron chi connectivity index (χ4n) is 5.59. The molecule has 1 saturated heterocycles. The van der Waals surface area contributed by atoms with Crippen molar-refractivity contribution in [3.63, 3.8) is 0 Å². The van der Waals surface area contributed by atoms with Gasteiger partial charge in [0.05, 0.1) is 24.5 Å². The number of ether oxygens (including phenoxy) is 3. The Balaban J connectivity index is 1.19. The number of benzene rings is 4. The number of nitrogens with zero attached hydrogens (tertiary/aromatic N) is 4. The molecule has 252 valence electrons. The maximum atomic E-state index is 12.5. The van der Waals surface area contributed by atoms with Crippen LogP contribution in [0.3, 0.4) is 0 Å². The lowest BCUT2D eigenvalue weighted by Crippen LogP contribution is -2.35. The van der Waals surface area contributed by atoms with Crippen LogP contribution < -0.4 is 5.32 Å². The Kier molecular flexibility index (Phi) is 11.1. The predicted molar refractivity (Wildman–Crippen MR) is 183 cm³/mol. The van der Waals surface area contributed by atoms with Crippen LogP contribution >= 0.6 is 11.8 Å². The number of aromatic nitrogens is 4. The van der Waals surface area contributed by atoms with E-state index in [-0.39, 0.29) is 31.3 Å². The Morgan fingerprint density at radius 3 is 2.41 bits per heavy atom. The van der Waals surface area contributed by atoms with E-state index in [0.29, 0.717) is 17.3 Å². The van der Waals surface area contributed by atoms with Gasteiger partial charge in [0.25, 0.3) is 5.91 Å². The quantitative estimate of drug-likeness (QED) is 0.124. The first-order valence-corrected chi connectivity index (χ1v) is 17.0. The second-order valence-electron chi connectivity index (χ2n) is 11.6. The minimum Gasteiger partial charge on any atom is -0.453 e. The molecule has 0 unspecified atom stereocenters. The van der Waals surface area contributed by atoms with E-state index >= 15 is 0 Å². The molecule has 1 aromatic heterocycles. The van der Waals surface area contributed by atoms with E-state index in [0.717, 1.165) is 39.1 Å². The first kappa shape index (κ1) is 34.0. The van der Waals surface area contributed by atoms with E-state index < -0.39 is 18.4 Å². The number of hydrogen-bond acceptors (Lipinski definition) is 10. The van der Waals surface area contributed by atoms with Gasteiger partial charge in [0, 0.05) is 31.2 Å². The lowest BCUT2D eigenvalue weighted by Gasteiger charge is -2.36. The minimum atomic E-state index is -0.878. The minimum absolute atomic E-state index is 0.0256. The Hall–Kier alpha value is -4.88. The van der Waals surface area contributed by atoms with Crippen molar-refractivity contribution in [1.29, 1.82) is 0 Å². The maximum absolute atomic E-state index is 12.5. The van der Waals surface area contributed by atoms with E-state index in [9.17, 15) is 14.7 Å². The summed E-state index contributed by atoms with van der Waals surface area (Å²) < 4.78 is 19.8. The number of carbonyl (C=O) groups is 2. The van der Waals surface area contributed by atoms with E-state index in [1.54, 1.807) is 11.6 Å². The molecule has 49 heavy (non-hydrogen) atoms. The van der Waals surface area contributed by atoms with E-state index in [4.69, 9.17) is 14.2 Å². The van der Waals surface area contributed by atoms with E-state index in [2.05, 4.69) is 20.8 Å². The van der Waals surface area contributed by atoms with Gasteiger partial charge in [-0.3, -0.25) is 9.59 Å². The number of rotatable bonds is 12. The van der Waals surface area contributed by atoms with Crippen molar-refractivity contribution in [3.05, 3.63) is 125 Å². The molecule has 4 aromatic carbocycles. The van der Waals surface area contributed by atoms with Gasteiger partial charge in [-0.2, -0.15) is 4.68 Å². The number of para-hydroxylation sites is 1. The summed E-state index contributed by atoms with van der Waals surface area (Å²) in [6.07, 6.45) is -1.29. The molecule has 2 heterocycles. The topological polar surface area (TPSA) is 138 Å². The molecule has 0 spiro atoms. The van der Waals surface area contributed by atoms with Crippen LogP contribution in [0.25, 0.3) is 16.8 Å². The van der Waals surface area contributed by atoms with Gasteiger partial charge in [0.2, 0.25) is 5.16 Å². The zero-order chi connectivity index (χ0) is 34.2. The van der Waals surface area contributed by atoms with Crippen molar-refractivity contribution in [1.82, 2.24) is 25.5 Å². The van der Waals surface area contributed by atoms with Crippen LogP contribution in [-0.2, 0) is 37.0 Å². The number of carbonyl (C=O) groups excluding carboxylic acids is 2. The van der Waals surface area contributed by atoms with Crippen LogP contribution in [0.5, 0.6) is 0 Å². The SMILES string of the molecule is CC(=O)O[C@@H](C)C(=O)NCc1ccccc1-c1ccc([C@H]2O[C@@H](CSc3nnnn3-c3ccccc3)C[C@@H](c3ccc(CO)cc3)O2)cc1. The summed E-state index contributed by atoms with van der Waals surface area (Å²) in [4.78, 5) is 23.7. The molecule has 1 aliphatic heterocycles. The monoisotopic (exact) mass is 679 g/mol. The van der Waals surface area contributed by atoms with Gasteiger partial charge in [-0.15, -0.1) is 5.10 Å². The molecule has 2 N–H and O–H groups in total. The highest BCUT2D eigenvalue weighted by atomic mass is 32.2. The van der Waals surface area contributed by atoms with Crippen LogP contribution in [0.2, 0.25) is 0 Å². The third-order valence-corrected chi connectivity index (χ3v) is 9.18. The predicted octanol–water partition coefficient (Wildman–Crippen LogP) is 5.73. The number of aliphatic hydroxyl groups is 1. The Morgan fingerprint density at radius 1 is 0.959 bits per heavy atom. The molecule has 4 atom stereocenters. The third kappa shape index (κ3) is 8.59. The Bertz CT molecular complexity index is 1850. The molecule has 1 aliphatic rings. The zero-order valence-electron chi connectivity index (χ0n) is 27.1.